The van der Waals surface area contributed by atoms with Crippen molar-refractivity contribution in [2.45, 2.75) is 20.4 Å². The first-order chi connectivity index (χ1) is 8.97. The zero-order valence-electron chi connectivity index (χ0n) is 10.7. The van der Waals surface area contributed by atoms with Gasteiger partial charge < -0.3 is 5.32 Å². The summed E-state index contributed by atoms with van der Waals surface area (Å²) in [6.45, 7) is 4.69. The molecule has 0 saturated heterocycles. The van der Waals surface area contributed by atoms with E-state index in [-0.39, 0.29) is 5.82 Å². The topological polar surface area (TPSA) is 12.0 Å². The van der Waals surface area contributed by atoms with Crippen LogP contribution in [0, 0.1) is 19.7 Å². The van der Waals surface area contributed by atoms with Gasteiger partial charge in [0.1, 0.15) is 5.82 Å². The first kappa shape index (κ1) is 14.5. The molecule has 19 heavy (non-hydrogen) atoms. The van der Waals surface area contributed by atoms with Crippen LogP contribution in [0.5, 0.6) is 0 Å². The van der Waals surface area contributed by atoms with E-state index in [1.165, 1.54) is 23.3 Å². The third kappa shape index (κ3) is 3.57. The molecule has 0 fully saturated rings. The Morgan fingerprint density at radius 2 is 1.68 bits per heavy atom. The number of aryl methyl sites for hydroxylation is 2. The lowest BCUT2D eigenvalue weighted by atomic mass is 10.1. The standard InChI is InChI=1S/C15H14Br2FN/c1-9-5-13(6-10(2)15(9)17)19-8-11-7-12(18)3-4-14(11)16/h3-7,19H,8H2,1-2H3. The number of anilines is 1. The van der Waals surface area contributed by atoms with Gasteiger partial charge in [0.25, 0.3) is 0 Å². The van der Waals surface area contributed by atoms with Crippen LogP contribution in [0.4, 0.5) is 10.1 Å². The maximum atomic E-state index is 13.2. The summed E-state index contributed by atoms with van der Waals surface area (Å²) in [6.07, 6.45) is 0. The van der Waals surface area contributed by atoms with Crippen LogP contribution >= 0.6 is 31.9 Å². The monoisotopic (exact) mass is 385 g/mol. The van der Waals surface area contributed by atoms with E-state index in [9.17, 15) is 4.39 Å². The van der Waals surface area contributed by atoms with Crippen LogP contribution in [-0.2, 0) is 6.54 Å². The summed E-state index contributed by atoms with van der Waals surface area (Å²) in [5, 5.41) is 3.32. The predicted molar refractivity (Wildman–Crippen MR) is 85.0 cm³/mol. The lowest BCUT2D eigenvalue weighted by Crippen LogP contribution is -2.01. The maximum absolute atomic E-state index is 13.2. The Hall–Kier alpha value is -0.870. The van der Waals surface area contributed by atoms with Crippen LogP contribution in [0.1, 0.15) is 16.7 Å². The van der Waals surface area contributed by atoms with Crippen LogP contribution < -0.4 is 5.32 Å². The molecule has 2 aromatic carbocycles. The molecule has 0 amide bonds. The predicted octanol–water partition coefficient (Wildman–Crippen LogP) is 5.58. The maximum Gasteiger partial charge on any atom is 0.123 e. The Balaban J connectivity index is 2.17. The molecule has 0 aliphatic rings. The zero-order chi connectivity index (χ0) is 14.0. The molecule has 0 spiro atoms. The largest absolute Gasteiger partial charge is 0.381 e. The molecule has 1 nitrogen and oxygen atoms in total. The highest BCUT2D eigenvalue weighted by Crippen LogP contribution is 2.26. The average molecular weight is 387 g/mol. The van der Waals surface area contributed by atoms with Gasteiger partial charge in [0.2, 0.25) is 0 Å². The van der Waals surface area contributed by atoms with Crippen molar-refractivity contribution in [2.24, 2.45) is 0 Å². The van der Waals surface area contributed by atoms with E-state index < -0.39 is 0 Å². The molecule has 100 valence electrons. The van der Waals surface area contributed by atoms with Gasteiger partial charge in [-0.15, -0.1) is 0 Å². The summed E-state index contributed by atoms with van der Waals surface area (Å²) < 4.78 is 15.2. The lowest BCUT2D eigenvalue weighted by molar-refractivity contribution is 0.625. The summed E-state index contributed by atoms with van der Waals surface area (Å²) in [7, 11) is 0. The highest BCUT2D eigenvalue weighted by atomic mass is 79.9. The molecule has 0 radical (unpaired) electrons. The van der Waals surface area contributed by atoms with Crippen molar-refractivity contribution in [3.63, 3.8) is 0 Å². The summed E-state index contributed by atoms with van der Waals surface area (Å²) in [5.74, 6) is -0.219. The van der Waals surface area contributed by atoms with Crippen LogP contribution in [-0.4, -0.2) is 0 Å². The van der Waals surface area contributed by atoms with Crippen LogP contribution in [0.3, 0.4) is 0 Å². The van der Waals surface area contributed by atoms with Crippen molar-refractivity contribution in [3.05, 3.63) is 61.8 Å². The molecule has 0 atom stereocenters. The fraction of sp³-hybridized carbons (Fsp3) is 0.200. The van der Waals surface area contributed by atoms with Crippen molar-refractivity contribution in [1.29, 1.82) is 0 Å². The third-order valence-corrected chi connectivity index (χ3v) is 4.95. The van der Waals surface area contributed by atoms with Crippen LogP contribution in [0.2, 0.25) is 0 Å². The molecule has 2 rings (SSSR count). The Bertz CT molecular complexity index is 588. The molecule has 0 saturated carbocycles. The number of nitrogens with one attached hydrogen (secondary N) is 1. The summed E-state index contributed by atoms with van der Waals surface area (Å²) in [6, 6.07) is 8.86. The second-order valence-electron chi connectivity index (χ2n) is 4.51. The molecule has 4 heteroatoms. The normalized spacial score (nSPS) is 10.6. The number of hydrogen-bond donors (Lipinski definition) is 1. The molecule has 1 N–H and O–H groups in total. The van der Waals surface area contributed by atoms with Crippen molar-refractivity contribution in [3.8, 4) is 0 Å². The molecule has 0 bridgehead atoms. The molecule has 0 heterocycles. The Morgan fingerprint density at radius 3 is 2.32 bits per heavy atom. The van der Waals surface area contributed by atoms with Gasteiger partial charge in [-0.3, -0.25) is 0 Å². The van der Waals surface area contributed by atoms with E-state index in [1.807, 2.05) is 0 Å². The van der Waals surface area contributed by atoms with E-state index >= 15 is 0 Å². The Kier molecular flexibility index (Phi) is 4.63. The minimum absolute atomic E-state index is 0.219. The van der Waals surface area contributed by atoms with Crippen LogP contribution in [0.25, 0.3) is 0 Å². The Labute approximate surface area is 129 Å². The van der Waals surface area contributed by atoms with Gasteiger partial charge in [-0.05, 0) is 60.9 Å². The molecule has 0 aromatic heterocycles. The van der Waals surface area contributed by atoms with E-state index in [4.69, 9.17) is 0 Å². The van der Waals surface area contributed by atoms with Crippen LogP contribution in [0.15, 0.2) is 39.3 Å². The third-order valence-electron chi connectivity index (χ3n) is 2.93. The summed E-state index contributed by atoms with van der Waals surface area (Å²) >= 11 is 6.98. The molecular formula is C15H14Br2FN. The highest BCUT2D eigenvalue weighted by Gasteiger charge is 2.04. The van der Waals surface area contributed by atoms with Crippen molar-refractivity contribution < 1.29 is 4.39 Å². The molecule has 0 aliphatic heterocycles. The molecule has 0 unspecified atom stereocenters. The van der Waals surface area contributed by atoms with Gasteiger partial charge >= 0.3 is 0 Å². The minimum Gasteiger partial charge on any atom is -0.381 e. The Morgan fingerprint density at radius 1 is 1.05 bits per heavy atom. The van der Waals surface area contributed by atoms with Gasteiger partial charge in [0, 0.05) is 21.2 Å². The van der Waals surface area contributed by atoms with Crippen molar-refractivity contribution >= 4 is 37.5 Å². The molecule has 2 aromatic rings. The summed E-state index contributed by atoms with van der Waals surface area (Å²) in [5.41, 5.74) is 4.30. The van der Waals surface area contributed by atoms with Crippen molar-refractivity contribution in [1.82, 2.24) is 0 Å². The SMILES string of the molecule is Cc1cc(NCc2cc(F)ccc2Br)cc(C)c1Br. The average Bonchev–Trinajstić information content (AvgIpc) is 2.37. The highest BCUT2D eigenvalue weighted by molar-refractivity contribution is 9.10. The van der Waals surface area contributed by atoms with Gasteiger partial charge in [-0.25, -0.2) is 4.39 Å². The summed E-state index contributed by atoms with van der Waals surface area (Å²) in [4.78, 5) is 0. The van der Waals surface area contributed by atoms with Gasteiger partial charge in [-0.1, -0.05) is 31.9 Å². The number of rotatable bonds is 3. The number of hydrogen-bond acceptors (Lipinski definition) is 1. The second-order valence-corrected chi connectivity index (χ2v) is 6.16. The number of halogens is 3. The fourth-order valence-electron chi connectivity index (χ4n) is 1.92. The van der Waals surface area contributed by atoms with E-state index in [0.29, 0.717) is 6.54 Å². The lowest BCUT2D eigenvalue weighted by Gasteiger charge is -2.11. The smallest absolute Gasteiger partial charge is 0.123 e. The first-order valence-electron chi connectivity index (χ1n) is 5.92. The van der Waals surface area contributed by atoms with E-state index in [0.717, 1.165) is 20.2 Å². The van der Waals surface area contributed by atoms with Crippen molar-refractivity contribution in [2.75, 3.05) is 5.32 Å². The van der Waals surface area contributed by atoms with Gasteiger partial charge in [-0.2, -0.15) is 0 Å². The fourth-order valence-corrected chi connectivity index (χ4v) is 2.54. The molecular weight excluding hydrogens is 373 g/mol. The van der Waals surface area contributed by atoms with E-state index in [1.54, 1.807) is 6.07 Å². The van der Waals surface area contributed by atoms with E-state index in [2.05, 4.69) is 63.2 Å². The van der Waals surface area contributed by atoms with Gasteiger partial charge in [0.15, 0.2) is 0 Å². The first-order valence-corrected chi connectivity index (χ1v) is 7.50. The second kappa shape index (κ2) is 6.06. The number of benzene rings is 2. The van der Waals surface area contributed by atoms with Gasteiger partial charge in [0.05, 0.1) is 0 Å². The minimum atomic E-state index is -0.219. The quantitative estimate of drug-likeness (QED) is 0.725. The zero-order valence-corrected chi connectivity index (χ0v) is 13.9. The molecule has 0 aliphatic carbocycles.